The minimum Gasteiger partial charge on any atom is -0.481 e. The maximum Gasteiger partial charge on any atom is 0.328 e. The third kappa shape index (κ3) is 13.7. The van der Waals surface area contributed by atoms with Crippen molar-refractivity contribution in [1.29, 1.82) is 0 Å². The third-order valence-electron chi connectivity index (χ3n) is 7.24. The van der Waals surface area contributed by atoms with Gasteiger partial charge >= 0.3 is 11.9 Å². The van der Waals surface area contributed by atoms with Crippen molar-refractivity contribution in [3.8, 4) is 0 Å². The number of thiol groups is 2. The summed E-state index contributed by atoms with van der Waals surface area (Å²) in [6.45, 7) is 1.10. The normalized spacial score (nSPS) is 15.1. The molecule has 0 heterocycles. The van der Waals surface area contributed by atoms with E-state index in [2.05, 4.69) is 46.5 Å². The van der Waals surface area contributed by atoms with Crippen LogP contribution in [0.15, 0.2) is 60.7 Å². The summed E-state index contributed by atoms with van der Waals surface area (Å²) < 4.78 is 0. The molecular weight excluding hydrogens is 693 g/mol. The highest BCUT2D eigenvalue weighted by atomic mass is 32.1. The Kier molecular flexibility index (Phi) is 17.2. The Bertz CT molecular complexity index is 1480. The standard InChI is InChI=1S/C32H42N6O10S2/c1-17(39)26(32(47)48)38-30(45)23(14-25(40)41)36-28(43)22(13-19-10-6-3-7-11-19)35-31(46)24(16-50)37-29(44)21(34-27(42)20(33)15-49)12-18-8-4-2-5-9-18/h2-11,17,20-24,26,39,49-50H,12-16,33H2,1H3,(H,34,42)(H,35,46)(H,36,43)(H,37,44)(H,38,45)(H,40,41)(H,47,48)/t17-,20+,21+,22+,23+,24+,26+/m1/s1. The third-order valence-corrected chi connectivity index (χ3v) is 8.00. The van der Waals surface area contributed by atoms with Gasteiger partial charge in [-0.3, -0.25) is 28.8 Å². The Morgan fingerprint density at radius 2 is 1.02 bits per heavy atom. The van der Waals surface area contributed by atoms with E-state index in [9.17, 15) is 48.9 Å². The maximum atomic E-state index is 13.6. The van der Waals surface area contributed by atoms with Crippen LogP contribution in [0.4, 0.5) is 0 Å². The zero-order chi connectivity index (χ0) is 37.4. The van der Waals surface area contributed by atoms with E-state index in [1.807, 2.05) is 5.32 Å². The number of carboxylic acids is 2. The molecule has 0 fully saturated rings. The molecule has 0 saturated heterocycles. The molecule has 2 aromatic carbocycles. The predicted octanol–water partition coefficient (Wildman–Crippen LogP) is -1.98. The van der Waals surface area contributed by atoms with E-state index >= 15 is 0 Å². The van der Waals surface area contributed by atoms with Gasteiger partial charge in [-0.2, -0.15) is 25.3 Å². The first-order valence-corrected chi connectivity index (χ1v) is 16.6. The molecule has 0 bridgehead atoms. The minimum absolute atomic E-state index is 0.00767. The van der Waals surface area contributed by atoms with Gasteiger partial charge in [0.2, 0.25) is 29.5 Å². The summed E-state index contributed by atoms with van der Waals surface area (Å²) in [4.78, 5) is 89.0. The van der Waals surface area contributed by atoms with Crippen LogP contribution in [0.1, 0.15) is 24.5 Å². The molecule has 0 saturated carbocycles. The predicted molar refractivity (Wildman–Crippen MR) is 187 cm³/mol. The molecule has 272 valence electrons. The molecule has 18 heteroatoms. The van der Waals surface area contributed by atoms with E-state index in [0.29, 0.717) is 11.1 Å². The van der Waals surface area contributed by atoms with E-state index in [1.54, 1.807) is 60.7 Å². The van der Waals surface area contributed by atoms with Crippen LogP contribution in [0.25, 0.3) is 0 Å². The molecule has 0 spiro atoms. The largest absolute Gasteiger partial charge is 0.481 e. The van der Waals surface area contributed by atoms with Gasteiger partial charge in [-0.15, -0.1) is 0 Å². The second-order valence-electron chi connectivity index (χ2n) is 11.3. The van der Waals surface area contributed by atoms with Crippen molar-refractivity contribution >= 4 is 66.7 Å². The second kappa shape index (κ2) is 20.8. The van der Waals surface area contributed by atoms with Gasteiger partial charge in [0.25, 0.3) is 0 Å². The highest BCUT2D eigenvalue weighted by molar-refractivity contribution is 7.80. The Morgan fingerprint density at radius 3 is 1.42 bits per heavy atom. The van der Waals surface area contributed by atoms with Gasteiger partial charge in [-0.25, -0.2) is 4.79 Å². The number of hydrogen-bond acceptors (Lipinski definition) is 11. The SMILES string of the molecule is C[C@@H](O)[C@H](NC(=O)[C@H](CC(=O)O)NC(=O)[C@H](Cc1ccccc1)NC(=O)[C@H](CS)NC(=O)[C@H](Cc1ccccc1)NC(=O)[C@@H](N)CS)C(=O)O. The minimum atomic E-state index is -1.81. The number of amides is 5. The van der Waals surface area contributed by atoms with Crippen LogP contribution in [0, 0.1) is 0 Å². The van der Waals surface area contributed by atoms with Gasteiger partial charge in [0.1, 0.15) is 24.2 Å². The van der Waals surface area contributed by atoms with Crippen LogP contribution in [0.5, 0.6) is 0 Å². The van der Waals surface area contributed by atoms with Crippen molar-refractivity contribution in [2.45, 2.75) is 68.5 Å². The highest BCUT2D eigenvalue weighted by Gasteiger charge is 2.34. The smallest absolute Gasteiger partial charge is 0.328 e. The van der Waals surface area contributed by atoms with Crippen molar-refractivity contribution in [3.05, 3.63) is 71.8 Å². The van der Waals surface area contributed by atoms with Gasteiger partial charge in [-0.1, -0.05) is 60.7 Å². The van der Waals surface area contributed by atoms with E-state index < -0.39 is 90.3 Å². The summed E-state index contributed by atoms with van der Waals surface area (Å²) in [5, 5.41) is 40.3. The molecule has 0 radical (unpaired) electrons. The number of aliphatic carboxylic acids is 2. The number of carbonyl (C=O) groups excluding carboxylic acids is 5. The lowest BCUT2D eigenvalue weighted by Crippen LogP contribution is -2.60. The molecule has 0 aliphatic heterocycles. The molecule has 16 nitrogen and oxygen atoms in total. The zero-order valence-corrected chi connectivity index (χ0v) is 28.8. The van der Waals surface area contributed by atoms with E-state index in [1.165, 1.54) is 0 Å². The molecule has 0 unspecified atom stereocenters. The molecular formula is C32H42N6O10S2. The van der Waals surface area contributed by atoms with Crippen molar-refractivity contribution in [2.75, 3.05) is 11.5 Å². The Morgan fingerprint density at radius 1 is 0.620 bits per heavy atom. The van der Waals surface area contributed by atoms with Gasteiger partial charge in [-0.05, 0) is 18.1 Å². The fourth-order valence-electron chi connectivity index (χ4n) is 4.52. The quantitative estimate of drug-likeness (QED) is 0.0664. The highest BCUT2D eigenvalue weighted by Crippen LogP contribution is 2.08. The van der Waals surface area contributed by atoms with Crippen LogP contribution < -0.4 is 32.3 Å². The molecule has 7 atom stereocenters. The first kappa shape index (κ1) is 41.5. The van der Waals surface area contributed by atoms with E-state index in [4.69, 9.17) is 5.73 Å². The summed E-state index contributed by atoms with van der Waals surface area (Å²) in [5.41, 5.74) is 7.04. The summed E-state index contributed by atoms with van der Waals surface area (Å²) in [6, 6.07) is 8.54. The van der Waals surface area contributed by atoms with Crippen LogP contribution in [-0.4, -0.2) is 111 Å². The van der Waals surface area contributed by atoms with Gasteiger partial charge in [0.15, 0.2) is 6.04 Å². The molecule has 2 rings (SSSR count). The fourth-order valence-corrected chi connectivity index (χ4v) is 4.94. The first-order valence-electron chi connectivity index (χ1n) is 15.4. The van der Waals surface area contributed by atoms with E-state index in [-0.39, 0.29) is 24.3 Å². The lowest BCUT2D eigenvalue weighted by molar-refractivity contribution is -0.146. The fraction of sp³-hybridized carbons (Fsp3) is 0.406. The Labute approximate surface area is 299 Å². The lowest BCUT2D eigenvalue weighted by Gasteiger charge is -2.27. The van der Waals surface area contributed by atoms with Gasteiger partial charge < -0.3 is 47.6 Å². The van der Waals surface area contributed by atoms with Gasteiger partial charge in [0, 0.05) is 24.3 Å². The molecule has 5 amide bonds. The van der Waals surface area contributed by atoms with Gasteiger partial charge in [0.05, 0.1) is 18.6 Å². The number of hydrogen-bond donors (Lipinski definition) is 11. The number of carboxylic acid groups (broad SMARTS) is 2. The number of aliphatic hydroxyl groups excluding tert-OH is 1. The van der Waals surface area contributed by atoms with Crippen LogP contribution >= 0.6 is 25.3 Å². The molecule has 0 aliphatic rings. The summed E-state index contributed by atoms with van der Waals surface area (Å²) in [5.74, 6) is -7.84. The lowest BCUT2D eigenvalue weighted by atomic mass is 10.0. The monoisotopic (exact) mass is 734 g/mol. The molecule has 2 aromatic rings. The maximum absolute atomic E-state index is 13.6. The number of aliphatic hydroxyl groups is 1. The summed E-state index contributed by atoms with van der Waals surface area (Å²) >= 11 is 8.21. The topological polar surface area (TPSA) is 266 Å². The van der Waals surface area contributed by atoms with Crippen LogP contribution in [-0.2, 0) is 46.4 Å². The molecule has 0 aromatic heterocycles. The number of carbonyl (C=O) groups is 7. The number of rotatable bonds is 20. The average Bonchev–Trinajstić information content (AvgIpc) is 3.08. The van der Waals surface area contributed by atoms with Crippen molar-refractivity contribution in [3.63, 3.8) is 0 Å². The Hall–Kier alpha value is -4.65. The molecule has 50 heavy (non-hydrogen) atoms. The van der Waals surface area contributed by atoms with E-state index in [0.717, 1.165) is 6.92 Å². The average molecular weight is 735 g/mol. The van der Waals surface area contributed by atoms with Crippen molar-refractivity contribution < 1.29 is 48.9 Å². The van der Waals surface area contributed by atoms with Crippen LogP contribution in [0.2, 0.25) is 0 Å². The van der Waals surface area contributed by atoms with Crippen molar-refractivity contribution in [2.24, 2.45) is 5.73 Å². The Balaban J connectivity index is 2.32. The summed E-state index contributed by atoms with van der Waals surface area (Å²) in [6.07, 6.45) is -2.62. The van der Waals surface area contributed by atoms with Crippen molar-refractivity contribution in [1.82, 2.24) is 26.6 Å². The zero-order valence-electron chi connectivity index (χ0n) is 27.0. The molecule has 0 aliphatic carbocycles. The first-order chi connectivity index (χ1) is 23.7. The summed E-state index contributed by atoms with van der Waals surface area (Å²) in [7, 11) is 0. The number of benzene rings is 2. The number of nitrogens with one attached hydrogen (secondary N) is 5. The van der Waals surface area contributed by atoms with Crippen LogP contribution in [0.3, 0.4) is 0 Å². The number of nitrogens with two attached hydrogens (primary N) is 1. The molecule has 10 N–H and O–H groups in total. The second-order valence-corrected chi connectivity index (χ2v) is 12.0.